The number of ketones is 1. The first-order valence-corrected chi connectivity index (χ1v) is 5.18. The summed E-state index contributed by atoms with van der Waals surface area (Å²) in [6, 6.07) is 0. The van der Waals surface area contributed by atoms with Gasteiger partial charge in [0, 0.05) is 0 Å². The van der Waals surface area contributed by atoms with Crippen LogP contribution in [0.3, 0.4) is 0 Å². The lowest BCUT2D eigenvalue weighted by molar-refractivity contribution is -0.933. The Morgan fingerprint density at radius 1 is 0.846 bits per heavy atom. The van der Waals surface area contributed by atoms with Gasteiger partial charge in [-0.05, 0) is 19.3 Å². The average molecular weight is 295 g/mol. The molecule has 1 spiro atoms. The van der Waals surface area contributed by atoms with Crippen LogP contribution in [0.1, 0.15) is 32.1 Å². The van der Waals surface area contributed by atoms with E-state index < -0.39 is 0 Å². The van der Waals surface area contributed by atoms with Crippen molar-refractivity contribution in [3.05, 3.63) is 0 Å². The van der Waals surface area contributed by atoms with Crippen molar-refractivity contribution in [3.63, 3.8) is 0 Å². The van der Waals surface area contributed by atoms with Gasteiger partial charge < -0.3 is 28.5 Å². The van der Waals surface area contributed by atoms with Crippen molar-refractivity contribution in [3.8, 4) is 0 Å². The summed E-state index contributed by atoms with van der Waals surface area (Å²) < 4.78 is 1.27. The largest absolute Gasteiger partial charge is 1.00 e. The van der Waals surface area contributed by atoms with Crippen LogP contribution in [0, 0.1) is 0 Å². The number of carbonyl (C=O) groups excluding carboxylic acids is 1. The van der Waals surface area contributed by atoms with E-state index in [-0.39, 0.29) is 24.0 Å². The van der Waals surface area contributed by atoms with Crippen LogP contribution in [0.5, 0.6) is 0 Å². The van der Waals surface area contributed by atoms with Gasteiger partial charge in [-0.1, -0.05) is 0 Å². The molecule has 0 atom stereocenters. The number of rotatable bonds is 0. The van der Waals surface area contributed by atoms with Crippen molar-refractivity contribution in [1.29, 1.82) is 0 Å². The van der Waals surface area contributed by atoms with E-state index in [0.717, 1.165) is 25.9 Å². The second-order valence-electron chi connectivity index (χ2n) is 4.34. The second-order valence-corrected chi connectivity index (χ2v) is 4.34. The van der Waals surface area contributed by atoms with Crippen molar-refractivity contribution in [2.75, 3.05) is 26.2 Å². The van der Waals surface area contributed by atoms with Crippen molar-refractivity contribution in [2.24, 2.45) is 0 Å². The van der Waals surface area contributed by atoms with E-state index in [9.17, 15) is 4.79 Å². The third-order valence-electron chi connectivity index (χ3n) is 3.49. The number of halogens is 1. The van der Waals surface area contributed by atoms with E-state index in [1.54, 1.807) is 0 Å². The molecule has 3 heteroatoms. The molecule has 76 valence electrons. The zero-order chi connectivity index (χ0) is 8.44. The Kier molecular flexibility index (Phi) is 4.16. The fourth-order valence-electron chi connectivity index (χ4n) is 2.59. The summed E-state index contributed by atoms with van der Waals surface area (Å²) in [5, 5.41) is 0. The van der Waals surface area contributed by atoms with Crippen LogP contribution in [0.4, 0.5) is 0 Å². The quantitative estimate of drug-likeness (QED) is 0.387. The maximum Gasteiger partial charge on any atom is 0.144 e. The van der Waals surface area contributed by atoms with Crippen LogP contribution in [0.25, 0.3) is 0 Å². The molecule has 0 radical (unpaired) electrons. The lowest BCUT2D eigenvalue weighted by atomic mass is 10.0. The minimum Gasteiger partial charge on any atom is -1.00 e. The molecule has 2 heterocycles. The van der Waals surface area contributed by atoms with Crippen LogP contribution >= 0.6 is 0 Å². The van der Waals surface area contributed by atoms with E-state index >= 15 is 0 Å². The van der Waals surface area contributed by atoms with Gasteiger partial charge in [-0.3, -0.25) is 4.79 Å². The number of hydrogen-bond donors (Lipinski definition) is 0. The van der Waals surface area contributed by atoms with E-state index in [4.69, 9.17) is 0 Å². The molecule has 0 aromatic rings. The predicted molar refractivity (Wildman–Crippen MR) is 47.8 cm³/mol. The molecule has 0 amide bonds. The molecule has 0 bridgehead atoms. The molecule has 2 nitrogen and oxygen atoms in total. The van der Waals surface area contributed by atoms with Gasteiger partial charge in [-0.2, -0.15) is 0 Å². The first-order valence-electron chi connectivity index (χ1n) is 5.18. The van der Waals surface area contributed by atoms with Gasteiger partial charge >= 0.3 is 0 Å². The summed E-state index contributed by atoms with van der Waals surface area (Å²) in [6.07, 6.45) is 5.87. The van der Waals surface area contributed by atoms with Gasteiger partial charge in [0.1, 0.15) is 5.78 Å². The minimum absolute atomic E-state index is 0. The summed E-state index contributed by atoms with van der Waals surface area (Å²) in [7, 11) is 0. The maximum atomic E-state index is 11.1. The van der Waals surface area contributed by atoms with Gasteiger partial charge in [-0.15, -0.1) is 0 Å². The van der Waals surface area contributed by atoms with Gasteiger partial charge in [0.15, 0.2) is 0 Å². The number of piperidine rings is 2. The van der Waals surface area contributed by atoms with Crippen LogP contribution in [0.2, 0.25) is 0 Å². The van der Waals surface area contributed by atoms with Crippen molar-refractivity contribution < 1.29 is 33.3 Å². The number of Topliss-reactive ketones (excluding diaryl/α,β-unsaturated/α-hetero) is 1. The third kappa shape index (κ3) is 2.65. The highest BCUT2D eigenvalue weighted by molar-refractivity contribution is 5.78. The van der Waals surface area contributed by atoms with Gasteiger partial charge in [0.2, 0.25) is 0 Å². The fraction of sp³-hybridized carbons (Fsp3) is 0.900. The van der Waals surface area contributed by atoms with Gasteiger partial charge in [0.05, 0.1) is 39.0 Å². The normalized spacial score (nSPS) is 26.9. The monoisotopic (exact) mass is 295 g/mol. The standard InChI is InChI=1S/C10H18NO.HI/c12-10-4-8-11(9-5-10)6-2-1-3-7-11;/h1-9H2;1H/q+1;/p-1. The number of carbonyl (C=O) groups is 1. The summed E-state index contributed by atoms with van der Waals surface area (Å²) in [4.78, 5) is 11.1. The number of hydrogen-bond acceptors (Lipinski definition) is 1. The Morgan fingerprint density at radius 2 is 1.38 bits per heavy atom. The van der Waals surface area contributed by atoms with E-state index in [0.29, 0.717) is 5.78 Å². The van der Waals surface area contributed by atoms with Gasteiger partial charge in [0.25, 0.3) is 0 Å². The summed E-state index contributed by atoms with van der Waals surface area (Å²) in [5.41, 5.74) is 0. The molecule has 0 N–H and O–H groups in total. The fourth-order valence-corrected chi connectivity index (χ4v) is 2.59. The lowest BCUT2D eigenvalue weighted by Gasteiger charge is -2.43. The van der Waals surface area contributed by atoms with Crippen LogP contribution < -0.4 is 24.0 Å². The first kappa shape index (κ1) is 11.4. The topological polar surface area (TPSA) is 17.1 Å². The number of nitrogens with zero attached hydrogens (tertiary/aromatic N) is 1. The Bertz CT molecular complexity index is 175. The highest BCUT2D eigenvalue weighted by atomic mass is 127. The molecule has 2 rings (SSSR count). The van der Waals surface area contributed by atoms with Crippen LogP contribution in [-0.4, -0.2) is 36.4 Å². The highest BCUT2D eigenvalue weighted by Crippen LogP contribution is 2.23. The summed E-state index contributed by atoms with van der Waals surface area (Å²) >= 11 is 0. The van der Waals surface area contributed by atoms with E-state index in [2.05, 4.69) is 0 Å². The molecule has 2 aliphatic rings. The van der Waals surface area contributed by atoms with Crippen molar-refractivity contribution in [1.82, 2.24) is 0 Å². The Balaban J connectivity index is 0.000000845. The Hall–Kier alpha value is 0.360. The Morgan fingerprint density at radius 3 is 1.92 bits per heavy atom. The molecule has 0 unspecified atom stereocenters. The average Bonchev–Trinajstić information content (AvgIpc) is 2.13. The summed E-state index contributed by atoms with van der Waals surface area (Å²) in [5.74, 6) is 0.490. The zero-order valence-electron chi connectivity index (χ0n) is 8.10. The number of quaternary nitrogens is 1. The molecular formula is C10H18INO. The predicted octanol–water partition coefficient (Wildman–Crippen LogP) is -1.65. The molecule has 2 fully saturated rings. The van der Waals surface area contributed by atoms with Crippen molar-refractivity contribution in [2.45, 2.75) is 32.1 Å². The molecule has 0 aromatic carbocycles. The molecule has 0 aliphatic carbocycles. The molecule has 2 saturated heterocycles. The highest BCUT2D eigenvalue weighted by Gasteiger charge is 2.33. The maximum absolute atomic E-state index is 11.1. The first-order chi connectivity index (χ1) is 5.81. The third-order valence-corrected chi connectivity index (χ3v) is 3.49. The lowest BCUT2D eigenvalue weighted by Crippen LogP contribution is -3.00. The van der Waals surface area contributed by atoms with Crippen LogP contribution in [0.15, 0.2) is 0 Å². The molecule has 2 aliphatic heterocycles. The summed E-state index contributed by atoms with van der Waals surface area (Å²) in [6.45, 7) is 4.96. The SMILES string of the molecule is O=C1CC[N+]2(CCCCC2)CC1.[I-]. The smallest absolute Gasteiger partial charge is 0.144 e. The van der Waals surface area contributed by atoms with Crippen molar-refractivity contribution >= 4 is 5.78 Å². The second kappa shape index (κ2) is 4.73. The molecular weight excluding hydrogens is 277 g/mol. The molecule has 0 saturated carbocycles. The van der Waals surface area contributed by atoms with Gasteiger partial charge in [-0.25, -0.2) is 0 Å². The molecule has 0 aromatic heterocycles. The minimum atomic E-state index is 0. The van der Waals surface area contributed by atoms with E-state index in [1.165, 1.54) is 36.8 Å². The zero-order valence-corrected chi connectivity index (χ0v) is 10.3. The Labute approximate surface area is 97.3 Å². The van der Waals surface area contributed by atoms with Crippen LogP contribution in [-0.2, 0) is 4.79 Å². The van der Waals surface area contributed by atoms with E-state index in [1.807, 2.05) is 0 Å². The molecule has 13 heavy (non-hydrogen) atoms.